The van der Waals surface area contributed by atoms with Gasteiger partial charge in [-0.25, -0.2) is 15.0 Å². The molecule has 0 unspecified atom stereocenters. The molecule has 0 bridgehead atoms. The third kappa shape index (κ3) is 3.42. The first-order valence-electron chi connectivity index (χ1n) is 13.1. The molecule has 182 valence electrons. The highest BCUT2D eigenvalue weighted by Crippen LogP contribution is 2.37. The maximum atomic E-state index is 5.41. The smallest absolute Gasteiger partial charge is 0.166 e. The van der Waals surface area contributed by atoms with Crippen molar-refractivity contribution in [3.8, 4) is 33.6 Å². The minimum atomic E-state index is 0.801. The minimum absolute atomic E-state index is 0.801. The van der Waals surface area contributed by atoms with Crippen molar-refractivity contribution in [2.75, 3.05) is 0 Å². The number of rotatable bonds is 3. The van der Waals surface area contributed by atoms with Gasteiger partial charge in [0.2, 0.25) is 0 Å². The van der Waals surface area contributed by atoms with Gasteiger partial charge < -0.3 is 0 Å². The first kappa shape index (κ1) is 21.7. The molecular weight excluding hydrogens is 476 g/mol. The van der Waals surface area contributed by atoms with Crippen LogP contribution in [-0.4, -0.2) is 19.4 Å². The molecular formula is C35H22N4. The Morgan fingerprint density at radius 2 is 1.00 bits per heavy atom. The van der Waals surface area contributed by atoms with Crippen LogP contribution in [-0.2, 0) is 0 Å². The summed E-state index contributed by atoms with van der Waals surface area (Å²) in [7, 11) is 0. The third-order valence-electron chi connectivity index (χ3n) is 7.37. The second-order valence-electron chi connectivity index (χ2n) is 9.71. The van der Waals surface area contributed by atoms with Crippen LogP contribution < -0.4 is 0 Å². The Kier molecular flexibility index (Phi) is 4.79. The average molecular weight is 499 g/mol. The monoisotopic (exact) mass is 498 g/mol. The predicted octanol–water partition coefficient (Wildman–Crippen LogP) is 8.58. The van der Waals surface area contributed by atoms with E-state index in [-0.39, 0.29) is 0 Å². The van der Waals surface area contributed by atoms with Gasteiger partial charge in [-0.3, -0.25) is 4.40 Å². The molecule has 0 aliphatic rings. The highest BCUT2D eigenvalue weighted by molar-refractivity contribution is 6.13. The lowest BCUT2D eigenvalue weighted by Crippen LogP contribution is -2.01. The van der Waals surface area contributed by atoms with Crippen LogP contribution in [0.15, 0.2) is 133 Å². The van der Waals surface area contributed by atoms with E-state index >= 15 is 0 Å². The van der Waals surface area contributed by atoms with Crippen molar-refractivity contribution in [1.82, 2.24) is 19.4 Å². The molecule has 0 aliphatic heterocycles. The van der Waals surface area contributed by atoms with Crippen LogP contribution in [0.25, 0.3) is 72.3 Å². The van der Waals surface area contributed by atoms with Crippen LogP contribution in [0.5, 0.6) is 0 Å². The van der Waals surface area contributed by atoms with Crippen LogP contribution in [0.4, 0.5) is 0 Å². The molecule has 0 fully saturated rings. The Bertz CT molecular complexity index is 2150. The second kappa shape index (κ2) is 8.61. The van der Waals surface area contributed by atoms with Gasteiger partial charge in [0.1, 0.15) is 11.2 Å². The lowest BCUT2D eigenvalue weighted by molar-refractivity contribution is 1.20. The molecule has 0 N–H and O–H groups in total. The van der Waals surface area contributed by atoms with Gasteiger partial charge in [0.15, 0.2) is 5.65 Å². The number of nitrogens with zero attached hydrogens (tertiary/aromatic N) is 4. The number of hydrogen-bond donors (Lipinski definition) is 0. The molecule has 39 heavy (non-hydrogen) atoms. The van der Waals surface area contributed by atoms with E-state index in [1.165, 1.54) is 0 Å². The quantitative estimate of drug-likeness (QED) is 0.229. The molecule has 0 atom stereocenters. The summed E-state index contributed by atoms with van der Waals surface area (Å²) in [5.41, 5.74) is 10.6. The minimum Gasteiger partial charge on any atom is -0.274 e. The maximum absolute atomic E-state index is 5.41. The molecule has 0 radical (unpaired) electrons. The summed E-state index contributed by atoms with van der Waals surface area (Å²) in [6.45, 7) is 0. The van der Waals surface area contributed by atoms with Crippen molar-refractivity contribution >= 4 is 38.6 Å². The van der Waals surface area contributed by atoms with Gasteiger partial charge in [-0.1, -0.05) is 109 Å². The Morgan fingerprint density at radius 3 is 1.69 bits per heavy atom. The zero-order chi connectivity index (χ0) is 25.8. The number of hydrogen-bond acceptors (Lipinski definition) is 3. The Balaban J connectivity index is 1.58. The average Bonchev–Trinajstić information content (AvgIpc) is 3.42. The summed E-state index contributed by atoms with van der Waals surface area (Å²) < 4.78 is 2.17. The summed E-state index contributed by atoms with van der Waals surface area (Å²) in [5, 5.41) is 2.10. The van der Waals surface area contributed by atoms with E-state index in [1.807, 2.05) is 48.5 Å². The lowest BCUT2D eigenvalue weighted by Gasteiger charge is -2.14. The lowest BCUT2D eigenvalue weighted by atomic mass is 10.0. The van der Waals surface area contributed by atoms with E-state index in [9.17, 15) is 0 Å². The number of benzene rings is 5. The predicted molar refractivity (Wildman–Crippen MR) is 160 cm³/mol. The van der Waals surface area contributed by atoms with Crippen molar-refractivity contribution in [3.63, 3.8) is 0 Å². The largest absolute Gasteiger partial charge is 0.274 e. The Morgan fingerprint density at radius 1 is 0.410 bits per heavy atom. The third-order valence-corrected chi connectivity index (χ3v) is 7.37. The van der Waals surface area contributed by atoms with E-state index in [2.05, 4.69) is 89.3 Å². The van der Waals surface area contributed by atoms with Gasteiger partial charge in [-0.2, -0.15) is 0 Å². The number of pyridine rings is 1. The normalized spacial score (nSPS) is 11.6. The first-order valence-corrected chi connectivity index (χ1v) is 13.1. The number of para-hydroxylation sites is 2. The standard InChI is InChI=1S/C35H22N4/c1-4-12-23(13-5-1)26-20-21-27-28(22-26)33-35(39-30-19-11-10-18-29(30)36-34(27)39)38-32(25-16-8-3-9-17-25)31(37-33)24-14-6-2-7-15-24/h1-22H. The SMILES string of the molecule is c1ccc(-c2ccc3c(c2)c2nc(-c4ccccc4)c(-c4ccccc4)nc2n2c4ccccc4nc32)cc1. The summed E-state index contributed by atoms with van der Waals surface area (Å²) in [4.78, 5) is 15.9. The molecule has 0 saturated heterocycles. The summed E-state index contributed by atoms with van der Waals surface area (Å²) in [6.07, 6.45) is 0. The van der Waals surface area contributed by atoms with Gasteiger partial charge in [0, 0.05) is 21.9 Å². The van der Waals surface area contributed by atoms with E-state index in [4.69, 9.17) is 15.0 Å². The molecule has 3 aromatic heterocycles. The Hall–Kier alpha value is -5.35. The summed E-state index contributed by atoms with van der Waals surface area (Å²) in [5.74, 6) is 0. The number of fused-ring (bicyclic) bond motifs is 8. The number of aromatic nitrogens is 4. The molecule has 8 rings (SSSR count). The second-order valence-corrected chi connectivity index (χ2v) is 9.71. The van der Waals surface area contributed by atoms with Gasteiger partial charge in [-0.15, -0.1) is 0 Å². The first-order chi connectivity index (χ1) is 19.3. The van der Waals surface area contributed by atoms with Crippen molar-refractivity contribution in [2.45, 2.75) is 0 Å². The summed E-state index contributed by atoms with van der Waals surface area (Å²) >= 11 is 0. The van der Waals surface area contributed by atoms with E-state index in [0.717, 1.165) is 72.3 Å². The molecule has 0 saturated carbocycles. The molecule has 4 heteroatoms. The van der Waals surface area contributed by atoms with Crippen LogP contribution in [0, 0.1) is 0 Å². The van der Waals surface area contributed by atoms with Crippen LogP contribution in [0.3, 0.4) is 0 Å². The van der Waals surface area contributed by atoms with E-state index in [0.29, 0.717) is 0 Å². The fourth-order valence-electron chi connectivity index (χ4n) is 5.52. The van der Waals surface area contributed by atoms with Gasteiger partial charge >= 0.3 is 0 Å². The van der Waals surface area contributed by atoms with Gasteiger partial charge in [0.05, 0.1) is 22.4 Å². The topological polar surface area (TPSA) is 43.1 Å². The number of imidazole rings is 1. The van der Waals surface area contributed by atoms with E-state index < -0.39 is 0 Å². The summed E-state index contributed by atoms with van der Waals surface area (Å²) in [6, 6.07) is 45.9. The maximum Gasteiger partial charge on any atom is 0.166 e. The zero-order valence-electron chi connectivity index (χ0n) is 21.0. The molecule has 4 nitrogen and oxygen atoms in total. The van der Waals surface area contributed by atoms with Crippen molar-refractivity contribution in [3.05, 3.63) is 133 Å². The highest BCUT2D eigenvalue weighted by atomic mass is 15.1. The van der Waals surface area contributed by atoms with Crippen LogP contribution in [0.1, 0.15) is 0 Å². The highest BCUT2D eigenvalue weighted by Gasteiger charge is 2.20. The molecule has 3 heterocycles. The fourth-order valence-corrected chi connectivity index (χ4v) is 5.52. The molecule has 0 amide bonds. The van der Waals surface area contributed by atoms with Crippen molar-refractivity contribution in [2.24, 2.45) is 0 Å². The Labute approximate surface area is 224 Å². The molecule has 0 spiro atoms. The molecule has 8 aromatic rings. The van der Waals surface area contributed by atoms with Gasteiger partial charge in [-0.05, 0) is 35.4 Å². The van der Waals surface area contributed by atoms with Gasteiger partial charge in [0.25, 0.3) is 0 Å². The zero-order valence-corrected chi connectivity index (χ0v) is 21.0. The van der Waals surface area contributed by atoms with Crippen LogP contribution in [0.2, 0.25) is 0 Å². The van der Waals surface area contributed by atoms with E-state index in [1.54, 1.807) is 0 Å². The molecule has 0 aliphatic carbocycles. The van der Waals surface area contributed by atoms with Crippen molar-refractivity contribution < 1.29 is 0 Å². The molecule has 5 aromatic carbocycles. The fraction of sp³-hybridized carbons (Fsp3) is 0. The van der Waals surface area contributed by atoms with Crippen LogP contribution >= 0.6 is 0 Å². The van der Waals surface area contributed by atoms with Crippen molar-refractivity contribution in [1.29, 1.82) is 0 Å².